The van der Waals surface area contributed by atoms with Gasteiger partial charge in [0, 0.05) is 0 Å². The zero-order valence-electron chi connectivity index (χ0n) is 11.5. The Balaban J connectivity index is 4.01. The molecule has 0 amide bonds. The SMILES string of the molecule is C#COP(=O)(OCCOCC(F)(F)F)OCCOCC(F)(F)F. The highest BCUT2D eigenvalue weighted by Gasteiger charge is 2.30. The van der Waals surface area contributed by atoms with E-state index in [1.807, 2.05) is 0 Å². The molecule has 0 aliphatic rings. The number of phosphoric ester groups is 1. The molecule has 0 bridgehead atoms. The summed E-state index contributed by atoms with van der Waals surface area (Å²) in [4.78, 5) is 0. The van der Waals surface area contributed by atoms with Crippen molar-refractivity contribution in [2.75, 3.05) is 39.6 Å². The second-order valence-electron chi connectivity index (χ2n) is 3.66. The predicted molar refractivity (Wildman–Crippen MR) is 63.2 cm³/mol. The third-order valence-electron chi connectivity index (χ3n) is 1.65. The standard InChI is InChI=1S/C10H13F6O6P/c1-2-20-23(17,21-5-3-18-7-9(11,12)13)22-6-4-19-8-10(14,15)16/h1H,3-8H2. The Morgan fingerprint density at radius 2 is 1.22 bits per heavy atom. The molecular formula is C10H13F6O6P. The molecule has 0 radical (unpaired) electrons. The lowest BCUT2D eigenvalue weighted by Crippen LogP contribution is -2.19. The zero-order chi connectivity index (χ0) is 18.0. The van der Waals surface area contributed by atoms with E-state index >= 15 is 0 Å². The first-order chi connectivity index (χ1) is 10.5. The maximum atomic E-state index is 11.8. The average molecular weight is 374 g/mol. The van der Waals surface area contributed by atoms with Crippen LogP contribution in [0.1, 0.15) is 0 Å². The second kappa shape index (κ2) is 10.00. The van der Waals surface area contributed by atoms with Gasteiger partial charge in [0.1, 0.15) is 19.3 Å². The molecule has 13 heteroatoms. The van der Waals surface area contributed by atoms with Gasteiger partial charge in [-0.25, -0.2) is 4.57 Å². The van der Waals surface area contributed by atoms with E-state index in [2.05, 4.69) is 23.0 Å². The summed E-state index contributed by atoms with van der Waals surface area (Å²) in [5.74, 6) is 0. The van der Waals surface area contributed by atoms with Crippen LogP contribution >= 0.6 is 7.82 Å². The van der Waals surface area contributed by atoms with Crippen LogP contribution in [0.5, 0.6) is 0 Å². The van der Waals surface area contributed by atoms with Crippen molar-refractivity contribution < 1.29 is 54.0 Å². The Kier molecular flexibility index (Phi) is 9.57. The predicted octanol–water partition coefficient (Wildman–Crippen LogP) is 2.89. The van der Waals surface area contributed by atoms with Crippen LogP contribution < -0.4 is 0 Å². The summed E-state index contributed by atoms with van der Waals surface area (Å²) in [5, 5.41) is 0. The smallest absolute Gasteiger partial charge is 0.370 e. The van der Waals surface area contributed by atoms with E-state index in [0.717, 1.165) is 0 Å². The third kappa shape index (κ3) is 14.3. The number of phosphoric acid groups is 1. The molecule has 0 atom stereocenters. The second-order valence-corrected chi connectivity index (χ2v) is 5.25. The zero-order valence-corrected chi connectivity index (χ0v) is 12.4. The van der Waals surface area contributed by atoms with Gasteiger partial charge in [-0.3, -0.25) is 9.05 Å². The molecule has 0 spiro atoms. The molecule has 0 fully saturated rings. The van der Waals surface area contributed by atoms with E-state index in [-0.39, 0.29) is 0 Å². The topological polar surface area (TPSA) is 63.2 Å². The summed E-state index contributed by atoms with van der Waals surface area (Å²) in [6.45, 7) is -5.49. The molecule has 0 saturated carbocycles. The van der Waals surface area contributed by atoms with Crippen LogP contribution in [0.25, 0.3) is 0 Å². The molecule has 0 saturated heterocycles. The number of halogens is 6. The van der Waals surface area contributed by atoms with Crippen molar-refractivity contribution in [1.82, 2.24) is 0 Å². The molecule has 6 nitrogen and oxygen atoms in total. The Morgan fingerprint density at radius 3 is 1.52 bits per heavy atom. The summed E-state index contributed by atoms with van der Waals surface area (Å²) in [6, 6.07) is 0. The first-order valence-electron chi connectivity index (χ1n) is 5.80. The van der Waals surface area contributed by atoms with E-state index in [4.69, 9.17) is 6.42 Å². The van der Waals surface area contributed by atoms with E-state index < -0.39 is 59.8 Å². The molecule has 136 valence electrons. The van der Waals surface area contributed by atoms with E-state index in [0.29, 0.717) is 0 Å². The first kappa shape index (κ1) is 22.0. The van der Waals surface area contributed by atoms with Gasteiger partial charge in [0.25, 0.3) is 0 Å². The molecule has 23 heavy (non-hydrogen) atoms. The van der Waals surface area contributed by atoms with Crippen LogP contribution in [0.3, 0.4) is 0 Å². The normalized spacial score (nSPS) is 12.9. The van der Waals surface area contributed by atoms with Gasteiger partial charge >= 0.3 is 20.2 Å². The minimum Gasteiger partial charge on any atom is -0.370 e. The largest absolute Gasteiger partial charge is 0.538 e. The van der Waals surface area contributed by atoms with Crippen molar-refractivity contribution in [2.24, 2.45) is 0 Å². The van der Waals surface area contributed by atoms with Crippen molar-refractivity contribution in [2.45, 2.75) is 12.4 Å². The lowest BCUT2D eigenvalue weighted by Gasteiger charge is -2.15. The Bertz CT molecular complexity index is 390. The monoisotopic (exact) mass is 374 g/mol. The van der Waals surface area contributed by atoms with Gasteiger partial charge in [-0.2, -0.15) is 26.3 Å². The molecule has 0 aliphatic carbocycles. The first-order valence-corrected chi connectivity index (χ1v) is 7.26. The maximum Gasteiger partial charge on any atom is 0.538 e. The van der Waals surface area contributed by atoms with Crippen molar-refractivity contribution in [3.63, 3.8) is 0 Å². The van der Waals surface area contributed by atoms with Gasteiger partial charge in [0.15, 0.2) is 0 Å². The Hall–Kier alpha value is -0.990. The van der Waals surface area contributed by atoms with E-state index in [1.54, 1.807) is 0 Å². The van der Waals surface area contributed by atoms with Crippen LogP contribution in [0.15, 0.2) is 0 Å². The van der Waals surface area contributed by atoms with Gasteiger partial charge < -0.3 is 14.0 Å². The highest BCUT2D eigenvalue weighted by atomic mass is 31.2. The summed E-state index contributed by atoms with van der Waals surface area (Å²) >= 11 is 0. The van der Waals surface area contributed by atoms with Gasteiger partial charge in [-0.15, -0.1) is 0 Å². The Morgan fingerprint density at radius 1 is 0.826 bits per heavy atom. The molecular weight excluding hydrogens is 361 g/mol. The van der Waals surface area contributed by atoms with Crippen molar-refractivity contribution >= 4 is 7.82 Å². The molecule has 0 aromatic carbocycles. The summed E-state index contributed by atoms with van der Waals surface area (Å²) < 4.78 is 104. The fraction of sp³-hybridized carbons (Fsp3) is 0.800. The maximum absolute atomic E-state index is 11.8. The third-order valence-corrected chi connectivity index (χ3v) is 2.98. The van der Waals surface area contributed by atoms with Crippen molar-refractivity contribution in [3.05, 3.63) is 0 Å². The highest BCUT2D eigenvalue weighted by molar-refractivity contribution is 7.48. The minimum absolute atomic E-state index is 0.592. The number of terminal acetylenes is 1. The van der Waals surface area contributed by atoms with Crippen LogP contribution in [0.2, 0.25) is 0 Å². The Labute approximate surface area is 127 Å². The van der Waals surface area contributed by atoms with E-state index in [9.17, 15) is 30.9 Å². The molecule has 0 N–H and O–H groups in total. The fourth-order valence-electron chi connectivity index (χ4n) is 0.946. The molecule has 0 rings (SSSR count). The number of rotatable bonds is 11. The number of ether oxygens (including phenoxy) is 2. The van der Waals surface area contributed by atoms with Gasteiger partial charge in [0.2, 0.25) is 0 Å². The number of hydrogen-bond donors (Lipinski definition) is 0. The lowest BCUT2D eigenvalue weighted by atomic mass is 10.7. The molecule has 0 aromatic rings. The summed E-state index contributed by atoms with van der Waals surface area (Å²) in [5.41, 5.74) is 0. The van der Waals surface area contributed by atoms with Gasteiger partial charge in [-0.05, 0) is 0 Å². The minimum atomic E-state index is -4.54. The van der Waals surface area contributed by atoms with Crippen molar-refractivity contribution in [1.29, 1.82) is 0 Å². The van der Waals surface area contributed by atoms with Crippen LogP contribution in [0.4, 0.5) is 26.3 Å². The fourth-order valence-corrected chi connectivity index (χ4v) is 1.85. The summed E-state index contributed by atoms with van der Waals surface area (Å²) in [7, 11) is -4.34. The molecule has 0 aromatic heterocycles. The lowest BCUT2D eigenvalue weighted by molar-refractivity contribution is -0.175. The van der Waals surface area contributed by atoms with Crippen LogP contribution in [-0.2, 0) is 27.6 Å². The van der Waals surface area contributed by atoms with E-state index in [1.165, 1.54) is 6.11 Å². The van der Waals surface area contributed by atoms with Gasteiger partial charge in [-0.1, -0.05) is 6.42 Å². The average Bonchev–Trinajstić information content (AvgIpc) is 2.35. The number of alkyl halides is 6. The van der Waals surface area contributed by atoms with Crippen molar-refractivity contribution in [3.8, 4) is 12.5 Å². The summed E-state index contributed by atoms with van der Waals surface area (Å²) in [6.07, 6.45) is -2.86. The van der Waals surface area contributed by atoms with Gasteiger partial charge in [0.05, 0.1) is 26.4 Å². The highest BCUT2D eigenvalue weighted by Crippen LogP contribution is 2.48. The molecule has 0 aliphatic heterocycles. The van der Waals surface area contributed by atoms with Crippen LogP contribution in [0, 0.1) is 12.5 Å². The number of hydrogen-bond acceptors (Lipinski definition) is 6. The van der Waals surface area contributed by atoms with Crippen LogP contribution in [-0.4, -0.2) is 52.0 Å². The quantitative estimate of drug-likeness (QED) is 0.240. The molecule has 0 heterocycles. The molecule has 0 unspecified atom stereocenters.